The first-order chi connectivity index (χ1) is 8.31. The van der Waals surface area contributed by atoms with Gasteiger partial charge in [-0.1, -0.05) is 52.4 Å². The summed E-state index contributed by atoms with van der Waals surface area (Å²) in [7, 11) is 0. The predicted molar refractivity (Wildman–Crippen MR) is 75.2 cm³/mol. The van der Waals surface area contributed by atoms with Gasteiger partial charge in [-0.2, -0.15) is 0 Å². The molecule has 3 unspecified atom stereocenters. The van der Waals surface area contributed by atoms with Crippen molar-refractivity contribution in [2.75, 3.05) is 0 Å². The summed E-state index contributed by atoms with van der Waals surface area (Å²) in [4.78, 5) is 0. The Kier molecular flexibility index (Phi) is 5.34. The third kappa shape index (κ3) is 3.71. The molecule has 0 heterocycles. The quantitative estimate of drug-likeness (QED) is 0.758. The minimum Gasteiger partial charge on any atom is -0.311 e. The Morgan fingerprint density at radius 2 is 1.59 bits per heavy atom. The Bertz CT molecular complexity index is 208. The highest BCUT2D eigenvalue weighted by atomic mass is 15.0. The van der Waals surface area contributed by atoms with E-state index in [0.717, 1.165) is 23.9 Å². The summed E-state index contributed by atoms with van der Waals surface area (Å²) >= 11 is 0. The number of hydrogen-bond acceptors (Lipinski definition) is 1. The molecule has 0 spiro atoms. The highest BCUT2D eigenvalue weighted by molar-refractivity contribution is 4.87. The zero-order chi connectivity index (χ0) is 12.1. The van der Waals surface area contributed by atoms with Crippen LogP contribution >= 0.6 is 0 Å². The monoisotopic (exact) mass is 237 g/mol. The summed E-state index contributed by atoms with van der Waals surface area (Å²) in [5.41, 5.74) is 0. The van der Waals surface area contributed by atoms with Crippen LogP contribution in [0.3, 0.4) is 0 Å². The fourth-order valence-electron chi connectivity index (χ4n) is 3.92. The lowest BCUT2D eigenvalue weighted by atomic mass is 9.75. The van der Waals surface area contributed by atoms with Gasteiger partial charge in [0.15, 0.2) is 0 Å². The van der Waals surface area contributed by atoms with Crippen molar-refractivity contribution in [2.45, 2.75) is 90.1 Å². The van der Waals surface area contributed by atoms with Crippen molar-refractivity contribution in [3.05, 3.63) is 0 Å². The highest BCUT2D eigenvalue weighted by Crippen LogP contribution is 2.33. The molecule has 1 nitrogen and oxygen atoms in total. The van der Waals surface area contributed by atoms with E-state index in [1.807, 2.05) is 0 Å². The van der Waals surface area contributed by atoms with E-state index in [4.69, 9.17) is 0 Å². The van der Waals surface area contributed by atoms with Gasteiger partial charge in [0.2, 0.25) is 0 Å². The maximum Gasteiger partial charge on any atom is 0.0100 e. The lowest BCUT2D eigenvalue weighted by Crippen LogP contribution is -2.46. The highest BCUT2D eigenvalue weighted by Gasteiger charge is 2.30. The van der Waals surface area contributed by atoms with Gasteiger partial charge in [0, 0.05) is 12.1 Å². The van der Waals surface area contributed by atoms with Crippen molar-refractivity contribution >= 4 is 0 Å². The second kappa shape index (κ2) is 6.78. The van der Waals surface area contributed by atoms with Gasteiger partial charge >= 0.3 is 0 Å². The average molecular weight is 237 g/mol. The molecule has 2 saturated carbocycles. The van der Waals surface area contributed by atoms with Crippen LogP contribution in [0.2, 0.25) is 0 Å². The van der Waals surface area contributed by atoms with Gasteiger partial charge in [-0.15, -0.1) is 0 Å². The van der Waals surface area contributed by atoms with Crippen LogP contribution < -0.4 is 5.32 Å². The first-order valence-electron chi connectivity index (χ1n) is 8.07. The second-order valence-electron chi connectivity index (χ2n) is 6.44. The molecule has 0 bridgehead atoms. The number of nitrogens with one attached hydrogen (secondary N) is 1. The Labute approximate surface area is 108 Å². The lowest BCUT2D eigenvalue weighted by molar-refractivity contribution is 0.169. The molecule has 0 amide bonds. The van der Waals surface area contributed by atoms with E-state index in [-0.39, 0.29) is 0 Å². The Hall–Kier alpha value is -0.0400. The molecule has 2 aliphatic rings. The first-order valence-corrected chi connectivity index (χ1v) is 8.07. The van der Waals surface area contributed by atoms with E-state index >= 15 is 0 Å². The van der Waals surface area contributed by atoms with Gasteiger partial charge in [0.05, 0.1) is 0 Å². The molecule has 2 rings (SSSR count). The van der Waals surface area contributed by atoms with E-state index in [1.54, 1.807) is 0 Å². The van der Waals surface area contributed by atoms with Gasteiger partial charge in [0.1, 0.15) is 0 Å². The largest absolute Gasteiger partial charge is 0.311 e. The topological polar surface area (TPSA) is 12.0 Å². The summed E-state index contributed by atoms with van der Waals surface area (Å²) in [5.74, 6) is 1.87. The third-order valence-electron chi connectivity index (χ3n) is 5.25. The molecule has 0 saturated heterocycles. The minimum atomic E-state index is 0.835. The van der Waals surface area contributed by atoms with Crippen molar-refractivity contribution in [3.63, 3.8) is 0 Å². The first kappa shape index (κ1) is 13.4. The molecule has 2 fully saturated rings. The van der Waals surface area contributed by atoms with Crippen LogP contribution in [0.5, 0.6) is 0 Å². The molecular weight excluding hydrogens is 206 g/mol. The summed E-state index contributed by atoms with van der Waals surface area (Å²) in [5, 5.41) is 4.02. The number of rotatable bonds is 4. The van der Waals surface area contributed by atoms with Gasteiger partial charge in [0.25, 0.3) is 0 Å². The summed E-state index contributed by atoms with van der Waals surface area (Å²) in [6, 6.07) is 1.68. The molecule has 2 aliphatic carbocycles. The molecule has 1 N–H and O–H groups in total. The van der Waals surface area contributed by atoms with Gasteiger partial charge in [-0.3, -0.25) is 0 Å². The molecule has 100 valence electrons. The number of hydrogen-bond donors (Lipinski definition) is 1. The van der Waals surface area contributed by atoms with Crippen LogP contribution in [0.1, 0.15) is 78.1 Å². The maximum atomic E-state index is 4.02. The fourth-order valence-corrected chi connectivity index (χ4v) is 3.92. The second-order valence-corrected chi connectivity index (χ2v) is 6.44. The summed E-state index contributed by atoms with van der Waals surface area (Å²) < 4.78 is 0. The van der Waals surface area contributed by atoms with Crippen LogP contribution in [0.4, 0.5) is 0 Å². The molecule has 0 aliphatic heterocycles. The molecule has 0 aromatic rings. The normalized spacial score (nSPS) is 33.5. The third-order valence-corrected chi connectivity index (χ3v) is 5.25. The molecular formula is C16H31N. The van der Waals surface area contributed by atoms with E-state index < -0.39 is 0 Å². The zero-order valence-corrected chi connectivity index (χ0v) is 11.9. The van der Waals surface area contributed by atoms with Crippen LogP contribution in [0.25, 0.3) is 0 Å². The fraction of sp³-hybridized carbons (Fsp3) is 1.00. The van der Waals surface area contributed by atoms with Gasteiger partial charge in [-0.05, 0) is 37.5 Å². The predicted octanol–water partition coefficient (Wildman–Crippen LogP) is 4.51. The van der Waals surface area contributed by atoms with Crippen molar-refractivity contribution in [1.82, 2.24) is 5.32 Å². The summed E-state index contributed by atoms with van der Waals surface area (Å²) in [6.45, 7) is 4.82. The smallest absolute Gasteiger partial charge is 0.0100 e. The van der Waals surface area contributed by atoms with Crippen molar-refractivity contribution in [3.8, 4) is 0 Å². The average Bonchev–Trinajstić information content (AvgIpc) is 2.40. The molecule has 0 aromatic carbocycles. The molecule has 17 heavy (non-hydrogen) atoms. The van der Waals surface area contributed by atoms with Crippen molar-refractivity contribution in [2.24, 2.45) is 11.8 Å². The van der Waals surface area contributed by atoms with Crippen LogP contribution in [-0.2, 0) is 0 Å². The van der Waals surface area contributed by atoms with Crippen LogP contribution in [0.15, 0.2) is 0 Å². The van der Waals surface area contributed by atoms with Crippen molar-refractivity contribution in [1.29, 1.82) is 0 Å². The van der Waals surface area contributed by atoms with Gasteiger partial charge in [-0.25, -0.2) is 0 Å². The lowest BCUT2D eigenvalue weighted by Gasteiger charge is -2.39. The SMILES string of the molecule is CCC(C)C1CCCCC1NC1CCCCC1. The Morgan fingerprint density at radius 1 is 0.941 bits per heavy atom. The molecule has 0 aromatic heterocycles. The standard InChI is InChI=1S/C16H31N/c1-3-13(2)15-11-7-8-12-16(15)17-14-9-5-4-6-10-14/h13-17H,3-12H2,1-2H3. The zero-order valence-electron chi connectivity index (χ0n) is 11.9. The van der Waals surface area contributed by atoms with E-state index in [9.17, 15) is 0 Å². The van der Waals surface area contributed by atoms with E-state index in [0.29, 0.717) is 0 Å². The summed E-state index contributed by atoms with van der Waals surface area (Å²) in [6.07, 6.45) is 14.4. The molecule has 3 atom stereocenters. The van der Waals surface area contributed by atoms with Crippen LogP contribution in [0, 0.1) is 11.8 Å². The van der Waals surface area contributed by atoms with Crippen molar-refractivity contribution < 1.29 is 0 Å². The minimum absolute atomic E-state index is 0.835. The molecule has 0 radical (unpaired) electrons. The van der Waals surface area contributed by atoms with Gasteiger partial charge < -0.3 is 5.32 Å². The molecule has 1 heteroatoms. The van der Waals surface area contributed by atoms with Crippen LogP contribution in [-0.4, -0.2) is 12.1 Å². The van der Waals surface area contributed by atoms with E-state index in [1.165, 1.54) is 64.2 Å². The Morgan fingerprint density at radius 3 is 2.29 bits per heavy atom. The Balaban J connectivity index is 1.86. The van der Waals surface area contributed by atoms with E-state index in [2.05, 4.69) is 19.2 Å². The maximum absolute atomic E-state index is 4.02.